The molecule has 0 aliphatic heterocycles. The highest BCUT2D eigenvalue weighted by Gasteiger charge is 2.29. The lowest BCUT2D eigenvalue weighted by molar-refractivity contribution is 0.0602. The van der Waals surface area contributed by atoms with Crippen LogP contribution in [0.4, 0.5) is 0 Å². The second kappa shape index (κ2) is 7.58. The van der Waals surface area contributed by atoms with Crippen molar-refractivity contribution >= 4 is 5.97 Å². The van der Waals surface area contributed by atoms with Gasteiger partial charge >= 0.3 is 5.97 Å². The van der Waals surface area contributed by atoms with Gasteiger partial charge in [0.2, 0.25) is 5.88 Å². The number of hydrogen-bond acceptors (Lipinski definition) is 8. The van der Waals surface area contributed by atoms with Crippen LogP contribution in [0, 0.1) is 6.92 Å². The lowest BCUT2D eigenvalue weighted by atomic mass is 10.0. The van der Waals surface area contributed by atoms with Gasteiger partial charge in [0.15, 0.2) is 5.76 Å². The first-order chi connectivity index (χ1) is 13.0. The topological polar surface area (TPSA) is 113 Å². The molecule has 3 rings (SSSR count). The van der Waals surface area contributed by atoms with Crippen LogP contribution in [0.5, 0.6) is 5.88 Å². The molecule has 9 nitrogen and oxygen atoms in total. The van der Waals surface area contributed by atoms with Crippen LogP contribution in [0.3, 0.4) is 0 Å². The summed E-state index contributed by atoms with van der Waals surface area (Å²) in [5.41, 5.74) is 2.23. The summed E-state index contributed by atoms with van der Waals surface area (Å²) < 4.78 is 17.3. The lowest BCUT2D eigenvalue weighted by Gasteiger charge is -2.07. The molecule has 1 N–H and O–H groups in total. The summed E-state index contributed by atoms with van der Waals surface area (Å²) >= 11 is 0. The molecular formula is C18H20N4O5. The number of ether oxygens (including phenoxy) is 2. The quantitative estimate of drug-likeness (QED) is 0.655. The van der Waals surface area contributed by atoms with Crippen molar-refractivity contribution in [3.8, 4) is 28.5 Å². The van der Waals surface area contributed by atoms with E-state index < -0.39 is 12.1 Å². The number of carbonyl (C=O) groups excluding carboxylic acids is 1. The number of rotatable bonds is 6. The number of aliphatic hydroxyl groups excluding tert-OH is 1. The van der Waals surface area contributed by atoms with E-state index in [2.05, 4.69) is 15.2 Å². The van der Waals surface area contributed by atoms with Crippen LogP contribution in [0.1, 0.15) is 23.0 Å². The fourth-order valence-electron chi connectivity index (χ4n) is 2.79. The second-order valence-corrected chi connectivity index (χ2v) is 5.96. The van der Waals surface area contributed by atoms with Gasteiger partial charge in [0.25, 0.3) is 0 Å². The zero-order chi connectivity index (χ0) is 19.6. The molecule has 0 aliphatic rings. The smallest absolute Gasteiger partial charge is 0.344 e. The SMILES string of the molecule is COC(=O)c1c(-c2cccnc2OC)noc1-c1cnn(C[C@@H](C)O)c1C. The maximum atomic E-state index is 12.5. The molecule has 0 spiro atoms. The van der Waals surface area contributed by atoms with Crippen molar-refractivity contribution in [3.63, 3.8) is 0 Å². The molecular weight excluding hydrogens is 352 g/mol. The Morgan fingerprint density at radius 1 is 1.37 bits per heavy atom. The lowest BCUT2D eigenvalue weighted by Crippen LogP contribution is -2.14. The summed E-state index contributed by atoms with van der Waals surface area (Å²) in [4.78, 5) is 16.6. The molecule has 0 aliphatic carbocycles. The first-order valence-corrected chi connectivity index (χ1v) is 8.26. The number of methoxy groups -OCH3 is 2. The van der Waals surface area contributed by atoms with Gasteiger partial charge in [-0.2, -0.15) is 5.10 Å². The van der Waals surface area contributed by atoms with Gasteiger partial charge in [0.1, 0.15) is 11.3 Å². The van der Waals surface area contributed by atoms with Gasteiger partial charge in [-0.15, -0.1) is 0 Å². The largest absolute Gasteiger partial charge is 0.481 e. The Balaban J connectivity index is 2.17. The molecule has 0 fully saturated rings. The minimum Gasteiger partial charge on any atom is -0.481 e. The maximum Gasteiger partial charge on any atom is 0.344 e. The van der Waals surface area contributed by atoms with E-state index in [1.165, 1.54) is 14.2 Å². The molecule has 3 heterocycles. The Hall–Kier alpha value is -3.20. The molecule has 0 amide bonds. The van der Waals surface area contributed by atoms with Gasteiger partial charge in [0, 0.05) is 11.9 Å². The predicted octanol–water partition coefficient (Wildman–Crippen LogP) is 2.08. The van der Waals surface area contributed by atoms with Crippen molar-refractivity contribution in [2.45, 2.75) is 26.5 Å². The van der Waals surface area contributed by atoms with Crippen molar-refractivity contribution in [1.82, 2.24) is 19.9 Å². The summed E-state index contributed by atoms with van der Waals surface area (Å²) in [6.07, 6.45) is 2.57. The zero-order valence-corrected chi connectivity index (χ0v) is 15.5. The highest BCUT2D eigenvalue weighted by molar-refractivity contribution is 6.02. The minimum absolute atomic E-state index is 0.156. The van der Waals surface area contributed by atoms with E-state index in [1.807, 2.05) is 6.92 Å². The minimum atomic E-state index is -0.602. The molecule has 0 radical (unpaired) electrons. The van der Waals surface area contributed by atoms with Crippen molar-refractivity contribution < 1.29 is 23.9 Å². The molecule has 0 saturated carbocycles. The zero-order valence-electron chi connectivity index (χ0n) is 15.5. The maximum absolute atomic E-state index is 12.5. The molecule has 0 bridgehead atoms. The standard InChI is InChI=1S/C18H20N4O5/c1-10(23)9-22-11(2)13(8-20-22)16-14(18(24)26-4)15(21-27-16)12-6-5-7-19-17(12)25-3/h5-8,10,23H,9H2,1-4H3/t10-/m1/s1. The van der Waals surface area contributed by atoms with Gasteiger partial charge < -0.3 is 19.1 Å². The van der Waals surface area contributed by atoms with Crippen molar-refractivity contribution in [1.29, 1.82) is 0 Å². The van der Waals surface area contributed by atoms with Crippen molar-refractivity contribution in [3.05, 3.63) is 35.8 Å². The van der Waals surface area contributed by atoms with Crippen LogP contribution >= 0.6 is 0 Å². The molecule has 3 aromatic heterocycles. The van der Waals surface area contributed by atoms with Gasteiger partial charge in [0.05, 0.1) is 44.2 Å². The monoisotopic (exact) mass is 372 g/mol. The van der Waals surface area contributed by atoms with E-state index in [4.69, 9.17) is 14.0 Å². The van der Waals surface area contributed by atoms with E-state index in [1.54, 1.807) is 36.1 Å². The van der Waals surface area contributed by atoms with Crippen LogP contribution in [-0.2, 0) is 11.3 Å². The van der Waals surface area contributed by atoms with Crippen LogP contribution < -0.4 is 4.74 Å². The number of nitrogens with zero attached hydrogens (tertiary/aromatic N) is 4. The first-order valence-electron chi connectivity index (χ1n) is 8.26. The molecule has 0 saturated heterocycles. The third-order valence-corrected chi connectivity index (χ3v) is 4.09. The normalized spacial score (nSPS) is 12.0. The third kappa shape index (κ3) is 3.41. The second-order valence-electron chi connectivity index (χ2n) is 5.96. The van der Waals surface area contributed by atoms with E-state index in [0.29, 0.717) is 23.6 Å². The molecule has 1 atom stereocenters. The number of aromatic nitrogens is 4. The van der Waals surface area contributed by atoms with E-state index in [0.717, 1.165) is 5.69 Å². The van der Waals surface area contributed by atoms with E-state index in [-0.39, 0.29) is 17.0 Å². The van der Waals surface area contributed by atoms with E-state index in [9.17, 15) is 9.90 Å². The van der Waals surface area contributed by atoms with Gasteiger partial charge in [-0.3, -0.25) is 4.68 Å². The van der Waals surface area contributed by atoms with Gasteiger partial charge in [-0.05, 0) is 26.0 Å². The molecule has 0 aromatic carbocycles. The number of pyridine rings is 1. The molecule has 142 valence electrons. The van der Waals surface area contributed by atoms with E-state index >= 15 is 0 Å². The Morgan fingerprint density at radius 3 is 2.81 bits per heavy atom. The number of hydrogen-bond donors (Lipinski definition) is 1. The highest BCUT2D eigenvalue weighted by atomic mass is 16.5. The van der Waals surface area contributed by atoms with Crippen molar-refractivity contribution in [2.75, 3.05) is 14.2 Å². The third-order valence-electron chi connectivity index (χ3n) is 4.09. The van der Waals surface area contributed by atoms with Gasteiger partial charge in [-0.25, -0.2) is 9.78 Å². The van der Waals surface area contributed by atoms with Crippen LogP contribution in [0.15, 0.2) is 29.0 Å². The average Bonchev–Trinajstić information content (AvgIpc) is 3.24. The van der Waals surface area contributed by atoms with Crippen LogP contribution in [0.2, 0.25) is 0 Å². The summed E-state index contributed by atoms with van der Waals surface area (Å²) in [6.45, 7) is 3.80. The molecule has 0 unspecified atom stereocenters. The Labute approximate surface area is 155 Å². The van der Waals surface area contributed by atoms with Crippen LogP contribution in [0.25, 0.3) is 22.6 Å². The Bertz CT molecular complexity index is 961. The fourth-order valence-corrected chi connectivity index (χ4v) is 2.79. The van der Waals surface area contributed by atoms with Crippen molar-refractivity contribution in [2.24, 2.45) is 0 Å². The average molecular weight is 372 g/mol. The number of esters is 1. The highest BCUT2D eigenvalue weighted by Crippen LogP contribution is 2.37. The summed E-state index contributed by atoms with van der Waals surface area (Å²) in [5, 5.41) is 17.9. The summed E-state index contributed by atoms with van der Waals surface area (Å²) in [6, 6.07) is 3.43. The molecule has 3 aromatic rings. The van der Waals surface area contributed by atoms with Crippen LogP contribution in [-0.4, -0.2) is 51.3 Å². The predicted molar refractivity (Wildman–Crippen MR) is 95.3 cm³/mol. The Morgan fingerprint density at radius 2 is 2.15 bits per heavy atom. The number of carbonyl (C=O) groups is 1. The molecule has 27 heavy (non-hydrogen) atoms. The first kappa shape index (κ1) is 18.6. The Kier molecular flexibility index (Phi) is 5.22. The number of aliphatic hydroxyl groups is 1. The fraction of sp³-hybridized carbons (Fsp3) is 0.333. The summed E-state index contributed by atoms with van der Waals surface area (Å²) in [7, 11) is 2.77. The van der Waals surface area contributed by atoms with Gasteiger partial charge in [-0.1, -0.05) is 5.16 Å². The molecule has 9 heteroatoms. The summed E-state index contributed by atoms with van der Waals surface area (Å²) in [5.74, 6) is -0.0593.